The van der Waals surface area contributed by atoms with Gasteiger partial charge in [-0.05, 0) is 35.1 Å². The Kier molecular flexibility index (Phi) is 8.21. The maximum absolute atomic E-state index is 12.6. The summed E-state index contributed by atoms with van der Waals surface area (Å²) in [6.07, 6.45) is 1.56. The van der Waals surface area contributed by atoms with Crippen molar-refractivity contribution in [2.45, 2.75) is 30.8 Å². The predicted molar refractivity (Wildman–Crippen MR) is 123 cm³/mol. The number of aliphatic carboxylic acids is 1. The minimum absolute atomic E-state index is 0.108. The Morgan fingerprint density at radius 1 is 1.03 bits per heavy atom. The molecule has 0 aromatic heterocycles. The fourth-order valence-electron chi connectivity index (χ4n) is 3.95. The number of carbonyl (C=O) groups is 3. The molecule has 0 fully saturated rings. The second-order valence-electron chi connectivity index (χ2n) is 7.74. The number of allylic oxidation sites excluding steroid dienone is 1. The van der Waals surface area contributed by atoms with E-state index in [1.54, 1.807) is 6.08 Å². The van der Waals surface area contributed by atoms with Gasteiger partial charge >= 0.3 is 12.1 Å². The third-order valence-corrected chi connectivity index (χ3v) is 5.56. The van der Waals surface area contributed by atoms with E-state index in [1.807, 2.05) is 48.5 Å². The molecule has 0 aliphatic heterocycles. The van der Waals surface area contributed by atoms with Gasteiger partial charge in [0.15, 0.2) is 6.04 Å². The molecule has 8 nitrogen and oxygen atoms in total. The SMILES string of the molecule is C=CCCC(NC(=O)OCC1c2ccccc2-c2ccccc21)C(=O)NC(COC)C(=O)O. The van der Waals surface area contributed by atoms with Crippen molar-refractivity contribution in [3.63, 3.8) is 0 Å². The van der Waals surface area contributed by atoms with Gasteiger partial charge in [-0.2, -0.15) is 0 Å². The zero-order valence-electron chi connectivity index (χ0n) is 18.5. The average molecular weight is 453 g/mol. The summed E-state index contributed by atoms with van der Waals surface area (Å²) in [5, 5.41) is 14.2. The third-order valence-electron chi connectivity index (χ3n) is 5.56. The lowest BCUT2D eigenvalue weighted by atomic mass is 9.98. The van der Waals surface area contributed by atoms with Gasteiger partial charge < -0.3 is 25.2 Å². The Hall–Kier alpha value is -3.65. The molecule has 2 unspecified atom stereocenters. The number of hydrogen-bond acceptors (Lipinski definition) is 5. The van der Waals surface area contributed by atoms with Crippen LogP contribution in [0.5, 0.6) is 0 Å². The first-order chi connectivity index (χ1) is 16.0. The maximum Gasteiger partial charge on any atom is 0.407 e. The van der Waals surface area contributed by atoms with Crippen LogP contribution in [0.3, 0.4) is 0 Å². The smallest absolute Gasteiger partial charge is 0.407 e. The molecule has 0 bridgehead atoms. The van der Waals surface area contributed by atoms with E-state index in [1.165, 1.54) is 7.11 Å². The van der Waals surface area contributed by atoms with Crippen LogP contribution in [0, 0.1) is 0 Å². The molecule has 174 valence electrons. The lowest BCUT2D eigenvalue weighted by molar-refractivity contribution is -0.143. The molecule has 1 aliphatic carbocycles. The van der Waals surface area contributed by atoms with E-state index in [-0.39, 0.29) is 25.6 Å². The fraction of sp³-hybridized carbons (Fsp3) is 0.320. The summed E-state index contributed by atoms with van der Waals surface area (Å²) in [5.74, 6) is -1.97. The van der Waals surface area contributed by atoms with Gasteiger partial charge in [0.1, 0.15) is 12.6 Å². The number of fused-ring (bicyclic) bond motifs is 3. The van der Waals surface area contributed by atoms with Gasteiger partial charge in [-0.15, -0.1) is 6.58 Å². The molecule has 2 amide bonds. The lowest BCUT2D eigenvalue weighted by Gasteiger charge is -2.21. The molecule has 0 spiro atoms. The first-order valence-electron chi connectivity index (χ1n) is 10.7. The van der Waals surface area contributed by atoms with Crippen LogP contribution < -0.4 is 10.6 Å². The molecule has 2 aromatic carbocycles. The van der Waals surface area contributed by atoms with E-state index in [9.17, 15) is 19.5 Å². The van der Waals surface area contributed by atoms with Gasteiger partial charge in [-0.25, -0.2) is 9.59 Å². The number of rotatable bonds is 11. The van der Waals surface area contributed by atoms with Crippen LogP contribution in [0.1, 0.15) is 29.9 Å². The van der Waals surface area contributed by atoms with E-state index in [4.69, 9.17) is 9.47 Å². The van der Waals surface area contributed by atoms with Crippen LogP contribution in [0.4, 0.5) is 4.79 Å². The number of carbonyl (C=O) groups excluding carboxylic acids is 2. The molecule has 3 rings (SSSR count). The summed E-state index contributed by atoms with van der Waals surface area (Å²) in [5.41, 5.74) is 4.39. The highest BCUT2D eigenvalue weighted by Gasteiger charge is 2.30. The highest BCUT2D eigenvalue weighted by Crippen LogP contribution is 2.44. The highest BCUT2D eigenvalue weighted by atomic mass is 16.5. The average Bonchev–Trinajstić information content (AvgIpc) is 3.13. The first kappa shape index (κ1) is 24.0. The molecule has 2 aromatic rings. The van der Waals surface area contributed by atoms with E-state index in [0.717, 1.165) is 22.3 Å². The summed E-state index contributed by atoms with van der Waals surface area (Å²) >= 11 is 0. The lowest BCUT2D eigenvalue weighted by Crippen LogP contribution is -2.53. The Labute approximate surface area is 192 Å². The summed E-state index contributed by atoms with van der Waals surface area (Å²) in [6, 6.07) is 13.8. The zero-order valence-corrected chi connectivity index (χ0v) is 18.5. The maximum atomic E-state index is 12.6. The molecule has 33 heavy (non-hydrogen) atoms. The number of alkyl carbamates (subject to hydrolysis) is 1. The number of nitrogens with one attached hydrogen (secondary N) is 2. The van der Waals surface area contributed by atoms with Crippen molar-refractivity contribution in [3.05, 3.63) is 72.3 Å². The monoisotopic (exact) mass is 452 g/mol. The van der Waals surface area contributed by atoms with Crippen molar-refractivity contribution in [2.24, 2.45) is 0 Å². The second kappa shape index (κ2) is 11.3. The Morgan fingerprint density at radius 2 is 1.64 bits per heavy atom. The van der Waals surface area contributed by atoms with Crippen molar-refractivity contribution >= 4 is 18.0 Å². The van der Waals surface area contributed by atoms with Gasteiger partial charge in [-0.3, -0.25) is 4.79 Å². The molecule has 8 heteroatoms. The molecule has 0 radical (unpaired) electrons. The number of carboxylic acid groups (broad SMARTS) is 1. The van der Waals surface area contributed by atoms with Crippen molar-refractivity contribution in [2.75, 3.05) is 20.3 Å². The molecule has 2 atom stereocenters. The van der Waals surface area contributed by atoms with Gasteiger partial charge in [0, 0.05) is 13.0 Å². The number of hydrogen-bond donors (Lipinski definition) is 3. The van der Waals surface area contributed by atoms with Crippen molar-refractivity contribution < 1.29 is 29.0 Å². The van der Waals surface area contributed by atoms with Gasteiger partial charge in [0.25, 0.3) is 0 Å². The van der Waals surface area contributed by atoms with Crippen LogP contribution in [0.25, 0.3) is 11.1 Å². The van der Waals surface area contributed by atoms with Crippen LogP contribution in [0.15, 0.2) is 61.2 Å². The summed E-state index contributed by atoms with van der Waals surface area (Å²) in [6.45, 7) is 3.55. The molecular weight excluding hydrogens is 424 g/mol. The van der Waals surface area contributed by atoms with Crippen molar-refractivity contribution in [3.8, 4) is 11.1 Å². The standard InChI is InChI=1S/C25H28N2O6/c1-3-4-13-21(23(28)26-22(15-32-2)24(29)30)27-25(31)33-14-20-18-11-7-5-9-16(18)17-10-6-8-12-19(17)20/h3,5-12,20-22H,1,4,13-15H2,2H3,(H,26,28)(H,27,31)(H,29,30). The summed E-state index contributed by atoms with van der Waals surface area (Å²) < 4.78 is 10.3. The zero-order chi connectivity index (χ0) is 23.8. The van der Waals surface area contributed by atoms with E-state index >= 15 is 0 Å². The van der Waals surface area contributed by atoms with Crippen LogP contribution in [-0.2, 0) is 19.1 Å². The molecule has 0 heterocycles. The first-order valence-corrected chi connectivity index (χ1v) is 10.7. The van der Waals surface area contributed by atoms with E-state index < -0.39 is 30.1 Å². The van der Waals surface area contributed by atoms with Crippen LogP contribution in [-0.4, -0.2) is 55.5 Å². The minimum Gasteiger partial charge on any atom is -0.480 e. The number of benzene rings is 2. The highest BCUT2D eigenvalue weighted by molar-refractivity contribution is 5.89. The normalized spacial score (nSPS) is 13.8. The predicted octanol–water partition coefficient (Wildman–Crippen LogP) is 3.08. The molecule has 0 saturated heterocycles. The van der Waals surface area contributed by atoms with Gasteiger partial charge in [-0.1, -0.05) is 54.6 Å². The second-order valence-corrected chi connectivity index (χ2v) is 7.74. The number of amides is 2. The van der Waals surface area contributed by atoms with E-state index in [0.29, 0.717) is 6.42 Å². The quantitative estimate of drug-likeness (QED) is 0.452. The number of methoxy groups -OCH3 is 1. The summed E-state index contributed by atoms with van der Waals surface area (Å²) in [7, 11) is 1.34. The fourth-order valence-corrected chi connectivity index (χ4v) is 3.95. The Morgan fingerprint density at radius 3 is 2.18 bits per heavy atom. The van der Waals surface area contributed by atoms with Gasteiger partial charge in [0.2, 0.25) is 5.91 Å². The Bertz CT molecular complexity index is 976. The van der Waals surface area contributed by atoms with Crippen LogP contribution >= 0.6 is 0 Å². The molecule has 3 N–H and O–H groups in total. The number of carboxylic acids is 1. The van der Waals surface area contributed by atoms with Crippen molar-refractivity contribution in [1.82, 2.24) is 10.6 Å². The molecular formula is C25H28N2O6. The third kappa shape index (κ3) is 5.78. The van der Waals surface area contributed by atoms with Crippen LogP contribution in [0.2, 0.25) is 0 Å². The molecule has 1 aliphatic rings. The number of ether oxygens (including phenoxy) is 2. The van der Waals surface area contributed by atoms with E-state index in [2.05, 4.69) is 17.2 Å². The largest absolute Gasteiger partial charge is 0.480 e. The topological polar surface area (TPSA) is 114 Å². The van der Waals surface area contributed by atoms with Gasteiger partial charge in [0.05, 0.1) is 6.61 Å². The molecule has 0 saturated carbocycles. The minimum atomic E-state index is -1.23. The Balaban J connectivity index is 1.65. The summed E-state index contributed by atoms with van der Waals surface area (Å²) in [4.78, 5) is 36.5. The van der Waals surface area contributed by atoms with Crippen molar-refractivity contribution in [1.29, 1.82) is 0 Å².